The molecule has 18 nitrogen and oxygen atoms in total. The number of carbonyl (C=O) groups is 8. The lowest BCUT2D eigenvalue weighted by molar-refractivity contribution is -0.197. The van der Waals surface area contributed by atoms with Gasteiger partial charge in [0.25, 0.3) is 11.8 Å². The van der Waals surface area contributed by atoms with Gasteiger partial charge in [0.2, 0.25) is 17.7 Å². The van der Waals surface area contributed by atoms with E-state index in [9.17, 15) is 43.5 Å². The summed E-state index contributed by atoms with van der Waals surface area (Å²) in [7, 11) is 0. The molecule has 1 heterocycles. The van der Waals surface area contributed by atoms with Gasteiger partial charge in [0.15, 0.2) is 0 Å². The van der Waals surface area contributed by atoms with Gasteiger partial charge in [-0.05, 0) is 19.3 Å². The number of carboxylic acids is 1. The topological polar surface area (TPSA) is 242 Å². The number of carboxylic acid groups (broad SMARTS) is 1. The molecule has 0 spiro atoms. The van der Waals surface area contributed by atoms with Gasteiger partial charge in [-0.15, -0.1) is 5.06 Å². The van der Waals surface area contributed by atoms with Crippen molar-refractivity contribution in [1.29, 1.82) is 0 Å². The normalized spacial score (nSPS) is 13.0. The molecule has 1 fully saturated rings. The molecule has 5 amide bonds. The van der Waals surface area contributed by atoms with Gasteiger partial charge < -0.3 is 49.6 Å². The van der Waals surface area contributed by atoms with Crippen LogP contribution in [0.4, 0.5) is 0 Å². The minimum absolute atomic E-state index is 0.0238. The predicted octanol–water partition coefficient (Wildman–Crippen LogP) is 2.68. The van der Waals surface area contributed by atoms with E-state index in [-0.39, 0.29) is 95.8 Å². The van der Waals surface area contributed by atoms with Crippen LogP contribution in [0.3, 0.4) is 0 Å². The fraction of sp³-hybridized carbons (Fsp3) is 0.795. The van der Waals surface area contributed by atoms with Crippen LogP contribution >= 0.6 is 0 Å². The number of nitrogens with one attached hydrogen (secondary N) is 3. The van der Waals surface area contributed by atoms with Crippen molar-refractivity contribution in [2.75, 3.05) is 65.9 Å². The zero-order valence-electron chi connectivity index (χ0n) is 33.6. The number of aliphatic carboxylic acids is 1. The van der Waals surface area contributed by atoms with Gasteiger partial charge in [-0.25, -0.2) is 9.59 Å². The van der Waals surface area contributed by atoms with E-state index >= 15 is 0 Å². The van der Waals surface area contributed by atoms with E-state index in [0.717, 1.165) is 51.4 Å². The van der Waals surface area contributed by atoms with Crippen molar-refractivity contribution in [3.8, 4) is 0 Å². The standard InChI is InChI=1S/C39H66N4O14/c44-23-26-55-28-27-53-25-22-41-35(47)31-56-30-29-54-24-21-40-33(45)18-17-32(39(51)52)42-34(46)15-13-11-9-7-5-3-1-2-4-6-8-10-12-14-16-38(50)57-43-36(48)19-20-37(43)49/h23,32H,1-22,24-31H2,(H,40,45)(H,41,47)(H,42,46)(H,51,52). The average Bonchev–Trinajstić information content (AvgIpc) is 3.50. The third-order valence-electron chi connectivity index (χ3n) is 8.83. The molecule has 0 radical (unpaired) electrons. The molecule has 0 aromatic heterocycles. The Morgan fingerprint density at radius 2 is 1.07 bits per heavy atom. The van der Waals surface area contributed by atoms with Gasteiger partial charge >= 0.3 is 11.9 Å². The van der Waals surface area contributed by atoms with Crippen molar-refractivity contribution >= 4 is 47.8 Å². The molecule has 1 saturated heterocycles. The molecule has 1 atom stereocenters. The Balaban J connectivity index is 1.90. The van der Waals surface area contributed by atoms with E-state index in [1.807, 2.05) is 0 Å². The number of nitrogens with zero attached hydrogens (tertiary/aromatic N) is 1. The van der Waals surface area contributed by atoms with Crippen LogP contribution in [0.1, 0.15) is 128 Å². The Kier molecular flexibility index (Phi) is 31.5. The molecule has 4 N–H and O–H groups in total. The molecule has 1 aliphatic heterocycles. The largest absolute Gasteiger partial charge is 0.480 e. The average molecular weight is 815 g/mol. The summed E-state index contributed by atoms with van der Waals surface area (Å²) in [6.45, 7) is 1.93. The highest BCUT2D eigenvalue weighted by molar-refractivity contribution is 6.01. The number of unbranched alkanes of at least 4 members (excludes halogenated alkanes) is 13. The number of carbonyl (C=O) groups excluding carboxylic acids is 7. The van der Waals surface area contributed by atoms with Crippen LogP contribution in [0, 0.1) is 0 Å². The first kappa shape index (κ1) is 51.0. The zero-order valence-corrected chi connectivity index (χ0v) is 33.6. The maximum absolute atomic E-state index is 12.3. The minimum atomic E-state index is -1.19. The molecule has 57 heavy (non-hydrogen) atoms. The van der Waals surface area contributed by atoms with Crippen LogP contribution < -0.4 is 16.0 Å². The number of ether oxygens (including phenoxy) is 4. The highest BCUT2D eigenvalue weighted by atomic mass is 16.7. The molecule has 1 rings (SSSR count). The maximum Gasteiger partial charge on any atom is 0.333 e. The SMILES string of the molecule is O=CCOCCOCCNC(=O)COCCOCCNC(=O)CCC(NC(=O)CCCCCCCCCCCCCCCCC(=O)ON1C(=O)CCC1=O)C(=O)O. The summed E-state index contributed by atoms with van der Waals surface area (Å²) in [4.78, 5) is 97.6. The van der Waals surface area contributed by atoms with Crippen LogP contribution in [0.15, 0.2) is 0 Å². The third kappa shape index (κ3) is 29.8. The number of amides is 5. The number of imide groups is 1. The van der Waals surface area contributed by atoms with Crippen molar-refractivity contribution in [1.82, 2.24) is 21.0 Å². The first-order chi connectivity index (χ1) is 27.6. The zero-order chi connectivity index (χ0) is 41.8. The Morgan fingerprint density at radius 3 is 1.60 bits per heavy atom. The highest BCUT2D eigenvalue weighted by Gasteiger charge is 2.32. The first-order valence-corrected chi connectivity index (χ1v) is 20.5. The second kappa shape index (κ2) is 35.2. The van der Waals surface area contributed by atoms with Crippen molar-refractivity contribution in [2.45, 2.75) is 134 Å². The second-order valence-electron chi connectivity index (χ2n) is 13.7. The Hall–Kier alpha value is -4.00. The summed E-state index contributed by atoms with van der Waals surface area (Å²) >= 11 is 0. The van der Waals surface area contributed by atoms with Crippen molar-refractivity contribution < 1.29 is 67.2 Å². The fourth-order valence-corrected chi connectivity index (χ4v) is 5.68. The summed E-state index contributed by atoms with van der Waals surface area (Å²) in [6, 6.07) is -1.14. The summed E-state index contributed by atoms with van der Waals surface area (Å²) in [5.41, 5.74) is 0. The van der Waals surface area contributed by atoms with Gasteiger partial charge in [0.05, 0.1) is 39.6 Å². The van der Waals surface area contributed by atoms with Crippen LogP contribution in [-0.2, 0) is 62.1 Å². The second-order valence-corrected chi connectivity index (χ2v) is 13.7. The molecule has 0 aromatic rings. The number of hydroxylamine groups is 2. The summed E-state index contributed by atoms with van der Waals surface area (Å²) in [5.74, 6) is -3.64. The minimum Gasteiger partial charge on any atom is -0.480 e. The molecule has 18 heteroatoms. The fourth-order valence-electron chi connectivity index (χ4n) is 5.68. The van der Waals surface area contributed by atoms with Gasteiger partial charge in [0, 0.05) is 45.2 Å². The lowest BCUT2D eigenvalue weighted by atomic mass is 10.0. The molecule has 0 aromatic carbocycles. The lowest BCUT2D eigenvalue weighted by Crippen LogP contribution is -2.41. The van der Waals surface area contributed by atoms with Crippen LogP contribution in [0.5, 0.6) is 0 Å². The molecule has 0 aliphatic carbocycles. The Bertz CT molecular complexity index is 1170. The van der Waals surface area contributed by atoms with E-state index in [1.165, 1.54) is 25.7 Å². The van der Waals surface area contributed by atoms with Gasteiger partial charge in [0.1, 0.15) is 25.5 Å². The molecule has 326 valence electrons. The van der Waals surface area contributed by atoms with E-state index in [4.69, 9.17) is 23.8 Å². The van der Waals surface area contributed by atoms with Crippen molar-refractivity contribution in [3.63, 3.8) is 0 Å². The number of aldehydes is 1. The van der Waals surface area contributed by atoms with E-state index in [2.05, 4.69) is 16.0 Å². The molecular weight excluding hydrogens is 748 g/mol. The van der Waals surface area contributed by atoms with E-state index in [0.29, 0.717) is 50.6 Å². The molecule has 0 bridgehead atoms. The van der Waals surface area contributed by atoms with Gasteiger partial charge in [-0.2, -0.15) is 0 Å². The molecule has 1 unspecified atom stereocenters. The molecule has 0 saturated carbocycles. The first-order valence-electron chi connectivity index (χ1n) is 20.5. The monoisotopic (exact) mass is 814 g/mol. The summed E-state index contributed by atoms with van der Waals surface area (Å²) in [6.07, 6.45) is 15.6. The van der Waals surface area contributed by atoms with Crippen LogP contribution in [0.25, 0.3) is 0 Å². The van der Waals surface area contributed by atoms with E-state index < -0.39 is 29.8 Å². The molecule has 1 aliphatic rings. The summed E-state index contributed by atoms with van der Waals surface area (Å²) in [5, 5.41) is 17.9. The van der Waals surface area contributed by atoms with Crippen LogP contribution in [0.2, 0.25) is 0 Å². The third-order valence-corrected chi connectivity index (χ3v) is 8.83. The van der Waals surface area contributed by atoms with Crippen LogP contribution in [-0.4, -0.2) is 130 Å². The quantitative estimate of drug-likeness (QED) is 0.0397. The Labute approximate surface area is 336 Å². The Morgan fingerprint density at radius 1 is 0.596 bits per heavy atom. The molecular formula is C39H66N4O14. The summed E-state index contributed by atoms with van der Waals surface area (Å²) < 4.78 is 20.8. The predicted molar refractivity (Wildman–Crippen MR) is 205 cm³/mol. The van der Waals surface area contributed by atoms with Gasteiger partial charge in [-0.3, -0.25) is 24.0 Å². The number of rotatable bonds is 39. The number of hydrogen-bond donors (Lipinski definition) is 4. The highest BCUT2D eigenvalue weighted by Crippen LogP contribution is 2.16. The van der Waals surface area contributed by atoms with E-state index in [1.54, 1.807) is 0 Å². The number of hydrogen-bond acceptors (Lipinski definition) is 13. The van der Waals surface area contributed by atoms with Gasteiger partial charge in [-0.1, -0.05) is 77.0 Å². The lowest BCUT2D eigenvalue weighted by Gasteiger charge is -2.14. The smallest absolute Gasteiger partial charge is 0.333 e. The van der Waals surface area contributed by atoms with Crippen molar-refractivity contribution in [2.24, 2.45) is 0 Å². The maximum atomic E-state index is 12.3. The van der Waals surface area contributed by atoms with Crippen molar-refractivity contribution in [3.05, 3.63) is 0 Å².